The van der Waals surface area contributed by atoms with E-state index in [0.29, 0.717) is 23.5 Å². The third kappa shape index (κ3) is 2.36. The molecule has 0 radical (unpaired) electrons. The zero-order valence-electron chi connectivity index (χ0n) is 18.8. The predicted octanol–water partition coefficient (Wildman–Crippen LogP) is 6.40. The van der Waals surface area contributed by atoms with Crippen molar-refractivity contribution < 1.29 is 10.0 Å². The summed E-state index contributed by atoms with van der Waals surface area (Å²) < 4.78 is 0. The maximum atomic E-state index is 13.2. The Balaban J connectivity index is 1.56. The summed E-state index contributed by atoms with van der Waals surface area (Å²) in [7, 11) is 0. The molecule has 0 unspecified atom stereocenters. The second-order valence-corrected chi connectivity index (χ2v) is 11.8. The van der Waals surface area contributed by atoms with Gasteiger partial charge in [-0.25, -0.2) is 0 Å². The molecule has 5 rings (SSSR count). The number of fused-ring (bicyclic) bond motifs is 7. The Morgan fingerprint density at radius 1 is 1.10 bits per heavy atom. The number of oxime groups is 1. The summed E-state index contributed by atoms with van der Waals surface area (Å²) in [6.07, 6.45) is 14.3. The molecule has 4 fully saturated rings. The molecule has 5 aliphatic carbocycles. The first-order chi connectivity index (χ1) is 13.8. The monoisotopic (exact) mass is 397 g/mol. The molecule has 0 spiro atoms. The van der Waals surface area contributed by atoms with E-state index in [1.807, 2.05) is 6.92 Å². The summed E-state index contributed by atoms with van der Waals surface area (Å²) in [5.74, 6) is 3.87. The Hall–Kier alpha value is -1.12. The van der Waals surface area contributed by atoms with Gasteiger partial charge in [0.15, 0.2) is 0 Å². The van der Waals surface area contributed by atoms with Crippen LogP contribution in [0, 0.1) is 45.8 Å². The van der Waals surface area contributed by atoms with Crippen LogP contribution in [-0.4, -0.2) is 16.7 Å². The van der Waals surface area contributed by atoms with Crippen LogP contribution in [0.4, 0.5) is 0 Å². The number of hydrogen-bond donors (Lipinski definition) is 1. The van der Waals surface area contributed by atoms with Gasteiger partial charge in [0.2, 0.25) is 0 Å². The molecule has 0 aliphatic heterocycles. The fraction of sp³-hybridized carbons (Fsp3) is 0.846. The maximum absolute atomic E-state index is 13.2. The van der Waals surface area contributed by atoms with Crippen molar-refractivity contribution >= 4 is 11.5 Å². The van der Waals surface area contributed by atoms with Crippen molar-refractivity contribution in [3.63, 3.8) is 0 Å². The number of allylic oxidation sites excluding steroid dienone is 2. The standard InChI is InChI=1S/C26H39NO2/c1-16-13-20-21(24(3)11-8-19(27-29)15-22(16)24)9-12-25(4)23(20)14-18-7-5-6-10-26(18,25)17(2)28/h15-16,18,20-21,23,29H,5-14H2,1-4H3/b27-19+/t16-,18+,20+,21-,23-,24+,25-,26-/m0/s1. The maximum Gasteiger partial charge on any atom is 0.136 e. The van der Waals surface area contributed by atoms with Gasteiger partial charge in [0, 0.05) is 5.41 Å². The summed E-state index contributed by atoms with van der Waals surface area (Å²) in [4.78, 5) is 13.2. The lowest BCUT2D eigenvalue weighted by molar-refractivity contribution is -0.148. The lowest BCUT2D eigenvalue weighted by Gasteiger charge is -2.61. The van der Waals surface area contributed by atoms with E-state index in [9.17, 15) is 10.0 Å². The summed E-state index contributed by atoms with van der Waals surface area (Å²) in [5, 5.41) is 12.9. The van der Waals surface area contributed by atoms with Gasteiger partial charge in [0.05, 0.1) is 5.71 Å². The van der Waals surface area contributed by atoms with E-state index in [0.717, 1.165) is 36.8 Å². The first kappa shape index (κ1) is 19.8. The van der Waals surface area contributed by atoms with E-state index in [-0.39, 0.29) is 16.2 Å². The molecular weight excluding hydrogens is 358 g/mol. The fourth-order valence-electron chi connectivity index (χ4n) is 9.87. The van der Waals surface area contributed by atoms with Crippen molar-refractivity contribution in [1.82, 2.24) is 0 Å². The second kappa shape index (κ2) is 6.44. The van der Waals surface area contributed by atoms with E-state index in [1.54, 1.807) is 0 Å². The minimum absolute atomic E-state index is 0.0373. The SMILES string of the molecule is CC(=O)[C@@]12CCCC[C@@H]1C[C@H]1[C@@H]3C[C@H](C)C4=C/C(=N/O)CC[C@]4(C)[C@H]3CC[C@@]12C. The van der Waals surface area contributed by atoms with Gasteiger partial charge < -0.3 is 5.21 Å². The van der Waals surface area contributed by atoms with E-state index in [1.165, 1.54) is 50.5 Å². The molecule has 1 N–H and O–H groups in total. The van der Waals surface area contributed by atoms with Crippen molar-refractivity contribution in [3.8, 4) is 0 Å². The van der Waals surface area contributed by atoms with Crippen LogP contribution >= 0.6 is 0 Å². The molecule has 0 aromatic carbocycles. The Morgan fingerprint density at radius 3 is 2.62 bits per heavy atom. The van der Waals surface area contributed by atoms with Gasteiger partial charge in [-0.1, -0.05) is 44.3 Å². The quantitative estimate of drug-likeness (QED) is 0.411. The van der Waals surface area contributed by atoms with Crippen LogP contribution in [0.25, 0.3) is 0 Å². The fourth-order valence-corrected chi connectivity index (χ4v) is 9.87. The first-order valence-corrected chi connectivity index (χ1v) is 12.2. The van der Waals surface area contributed by atoms with Crippen LogP contribution in [0.1, 0.15) is 91.9 Å². The summed E-state index contributed by atoms with van der Waals surface area (Å²) >= 11 is 0. The molecule has 3 heteroatoms. The van der Waals surface area contributed by atoms with E-state index in [4.69, 9.17) is 0 Å². The topological polar surface area (TPSA) is 49.7 Å². The van der Waals surface area contributed by atoms with Crippen LogP contribution in [0.15, 0.2) is 16.8 Å². The van der Waals surface area contributed by atoms with Crippen molar-refractivity contribution in [2.45, 2.75) is 91.9 Å². The molecule has 0 heterocycles. The van der Waals surface area contributed by atoms with Crippen LogP contribution in [0.2, 0.25) is 0 Å². The average molecular weight is 398 g/mol. The lowest BCUT2D eigenvalue weighted by atomic mass is 9.43. The molecule has 8 atom stereocenters. The zero-order valence-corrected chi connectivity index (χ0v) is 18.8. The molecule has 0 bridgehead atoms. The minimum Gasteiger partial charge on any atom is -0.411 e. The predicted molar refractivity (Wildman–Crippen MR) is 116 cm³/mol. The number of rotatable bonds is 1. The highest BCUT2D eigenvalue weighted by molar-refractivity contribution is 5.96. The summed E-state index contributed by atoms with van der Waals surface area (Å²) in [5.41, 5.74) is 2.82. The average Bonchev–Trinajstić information content (AvgIpc) is 2.98. The summed E-state index contributed by atoms with van der Waals surface area (Å²) in [6, 6.07) is 0. The molecule has 4 saturated carbocycles. The van der Waals surface area contributed by atoms with Crippen molar-refractivity contribution in [1.29, 1.82) is 0 Å². The Morgan fingerprint density at radius 2 is 1.90 bits per heavy atom. The van der Waals surface area contributed by atoms with Gasteiger partial charge in [-0.2, -0.15) is 0 Å². The smallest absolute Gasteiger partial charge is 0.136 e. The molecular formula is C26H39NO2. The third-order valence-electron chi connectivity index (χ3n) is 11.1. The lowest BCUT2D eigenvalue weighted by Crippen LogP contribution is -2.56. The molecule has 0 saturated heterocycles. The number of Topliss-reactive ketones (excluding diaryl/α,β-unsaturated/α-hetero) is 1. The summed E-state index contributed by atoms with van der Waals surface area (Å²) in [6.45, 7) is 9.35. The molecule has 0 aromatic rings. The van der Waals surface area contributed by atoms with Crippen molar-refractivity contribution in [2.75, 3.05) is 0 Å². The number of nitrogens with zero attached hydrogens (tertiary/aromatic N) is 1. The van der Waals surface area contributed by atoms with E-state index in [2.05, 4.69) is 32.0 Å². The van der Waals surface area contributed by atoms with Gasteiger partial charge >= 0.3 is 0 Å². The molecule has 0 aromatic heterocycles. The molecule has 160 valence electrons. The molecule has 0 amide bonds. The first-order valence-electron chi connectivity index (χ1n) is 12.2. The minimum atomic E-state index is -0.0373. The van der Waals surface area contributed by atoms with Crippen LogP contribution < -0.4 is 0 Å². The highest BCUT2D eigenvalue weighted by atomic mass is 16.4. The van der Waals surface area contributed by atoms with Gasteiger partial charge in [-0.3, -0.25) is 4.79 Å². The zero-order chi connectivity index (χ0) is 20.6. The van der Waals surface area contributed by atoms with Gasteiger partial charge in [-0.15, -0.1) is 0 Å². The van der Waals surface area contributed by atoms with Gasteiger partial charge in [0.25, 0.3) is 0 Å². The Kier molecular flexibility index (Phi) is 4.40. The number of carbonyl (C=O) groups is 1. The Labute approximate surface area is 176 Å². The van der Waals surface area contributed by atoms with E-state index < -0.39 is 0 Å². The highest BCUT2D eigenvalue weighted by Crippen LogP contribution is 2.74. The van der Waals surface area contributed by atoms with Gasteiger partial charge in [0.1, 0.15) is 5.78 Å². The van der Waals surface area contributed by atoms with Crippen LogP contribution in [0.5, 0.6) is 0 Å². The van der Waals surface area contributed by atoms with Gasteiger partial charge in [-0.05, 0) is 105 Å². The third-order valence-corrected chi connectivity index (χ3v) is 11.1. The molecule has 29 heavy (non-hydrogen) atoms. The largest absolute Gasteiger partial charge is 0.411 e. The normalized spacial score (nSPS) is 52.8. The van der Waals surface area contributed by atoms with Crippen LogP contribution in [-0.2, 0) is 4.79 Å². The number of hydrogen-bond acceptors (Lipinski definition) is 3. The number of carbonyl (C=O) groups excluding carboxylic acids is 1. The highest BCUT2D eigenvalue weighted by Gasteiger charge is 2.69. The Bertz CT molecular complexity index is 784. The second-order valence-electron chi connectivity index (χ2n) is 11.8. The van der Waals surface area contributed by atoms with Crippen molar-refractivity contribution in [2.24, 2.45) is 51.0 Å². The van der Waals surface area contributed by atoms with Crippen LogP contribution in [0.3, 0.4) is 0 Å². The molecule has 5 aliphatic rings. The van der Waals surface area contributed by atoms with Crippen molar-refractivity contribution in [3.05, 3.63) is 11.6 Å². The number of ketones is 1. The van der Waals surface area contributed by atoms with E-state index >= 15 is 0 Å². The molecule has 3 nitrogen and oxygen atoms in total.